The number of carbonyl (C=O) groups is 3. The van der Waals surface area contributed by atoms with Crippen LogP contribution in [0.3, 0.4) is 0 Å². The summed E-state index contributed by atoms with van der Waals surface area (Å²) in [6.07, 6.45) is -0.755. The SMILES string of the molecule is Cc1ccc(C)c(C(=O)CCC(=O)NNC(=O)C(C)Oc2cccc(Br)c2)c1. The number of hydrogen-bond donors (Lipinski definition) is 2. The van der Waals surface area contributed by atoms with Gasteiger partial charge in [0.1, 0.15) is 5.75 Å². The lowest BCUT2D eigenvalue weighted by Gasteiger charge is -2.15. The summed E-state index contributed by atoms with van der Waals surface area (Å²) in [4.78, 5) is 36.3. The second-order valence-electron chi connectivity index (χ2n) is 6.50. The minimum Gasteiger partial charge on any atom is -0.481 e. The van der Waals surface area contributed by atoms with Crippen LogP contribution in [0.5, 0.6) is 5.75 Å². The fraction of sp³-hybridized carbons (Fsp3) is 0.286. The van der Waals surface area contributed by atoms with Crippen LogP contribution in [0.25, 0.3) is 0 Å². The summed E-state index contributed by atoms with van der Waals surface area (Å²) in [5, 5.41) is 0. The third-order valence-corrected chi connectivity index (χ3v) is 4.57. The third-order valence-electron chi connectivity index (χ3n) is 4.08. The predicted octanol–water partition coefficient (Wildman–Crippen LogP) is 3.64. The van der Waals surface area contributed by atoms with E-state index in [9.17, 15) is 14.4 Å². The molecular formula is C21H23BrN2O4. The van der Waals surface area contributed by atoms with E-state index in [0.29, 0.717) is 11.3 Å². The van der Waals surface area contributed by atoms with E-state index in [1.165, 1.54) is 0 Å². The molecule has 1 atom stereocenters. The average molecular weight is 447 g/mol. The normalized spacial score (nSPS) is 11.4. The summed E-state index contributed by atoms with van der Waals surface area (Å²) >= 11 is 3.33. The molecule has 2 amide bonds. The molecule has 0 aliphatic carbocycles. The van der Waals surface area contributed by atoms with Crippen LogP contribution < -0.4 is 15.6 Å². The van der Waals surface area contributed by atoms with Crippen molar-refractivity contribution in [3.05, 3.63) is 63.6 Å². The molecule has 7 heteroatoms. The van der Waals surface area contributed by atoms with Crippen molar-refractivity contribution in [3.8, 4) is 5.75 Å². The molecule has 0 fully saturated rings. The van der Waals surface area contributed by atoms with Crippen LogP contribution in [0.15, 0.2) is 46.9 Å². The molecule has 2 aromatic rings. The Labute approximate surface area is 172 Å². The van der Waals surface area contributed by atoms with Crippen molar-refractivity contribution in [1.29, 1.82) is 0 Å². The van der Waals surface area contributed by atoms with E-state index < -0.39 is 17.9 Å². The highest BCUT2D eigenvalue weighted by atomic mass is 79.9. The molecule has 2 N–H and O–H groups in total. The van der Waals surface area contributed by atoms with Crippen LogP contribution in [-0.4, -0.2) is 23.7 Å². The van der Waals surface area contributed by atoms with Crippen LogP contribution >= 0.6 is 15.9 Å². The number of hydrogen-bond acceptors (Lipinski definition) is 4. The minimum atomic E-state index is -0.800. The smallest absolute Gasteiger partial charge is 0.279 e. The standard InChI is InChI=1S/C21H23BrN2O4/c1-13-7-8-14(2)18(11-13)19(25)9-10-20(26)23-24-21(27)15(3)28-17-6-4-5-16(22)12-17/h4-8,11-12,15H,9-10H2,1-3H3,(H,23,26)(H,24,27). The van der Waals surface area contributed by atoms with Gasteiger partial charge in [-0.2, -0.15) is 0 Å². The lowest BCUT2D eigenvalue weighted by Crippen LogP contribution is -2.47. The number of rotatable bonds is 7. The maximum absolute atomic E-state index is 12.3. The highest BCUT2D eigenvalue weighted by Gasteiger charge is 2.16. The van der Waals surface area contributed by atoms with Crippen molar-refractivity contribution < 1.29 is 19.1 Å². The first-order valence-corrected chi connectivity index (χ1v) is 9.67. The number of Topliss-reactive ketones (excluding diaryl/α,β-unsaturated/α-hetero) is 1. The van der Waals surface area contributed by atoms with Gasteiger partial charge in [0.15, 0.2) is 11.9 Å². The molecule has 1 unspecified atom stereocenters. The van der Waals surface area contributed by atoms with E-state index in [4.69, 9.17) is 4.74 Å². The Balaban J connectivity index is 1.77. The molecule has 0 aliphatic heterocycles. The molecule has 0 bridgehead atoms. The van der Waals surface area contributed by atoms with Crippen LogP contribution in [0, 0.1) is 13.8 Å². The highest BCUT2D eigenvalue weighted by Crippen LogP contribution is 2.19. The lowest BCUT2D eigenvalue weighted by atomic mass is 9.99. The van der Waals surface area contributed by atoms with Crippen LogP contribution in [-0.2, 0) is 9.59 Å². The molecule has 2 aromatic carbocycles. The Kier molecular flexibility index (Phi) is 7.75. The Morgan fingerprint density at radius 3 is 2.50 bits per heavy atom. The highest BCUT2D eigenvalue weighted by molar-refractivity contribution is 9.10. The van der Waals surface area contributed by atoms with Gasteiger partial charge in [-0.3, -0.25) is 25.2 Å². The van der Waals surface area contributed by atoms with E-state index in [2.05, 4.69) is 26.8 Å². The summed E-state index contributed by atoms with van der Waals surface area (Å²) in [5.41, 5.74) is 7.11. The molecule has 0 spiro atoms. The van der Waals surface area contributed by atoms with Crippen molar-refractivity contribution in [2.75, 3.05) is 0 Å². The van der Waals surface area contributed by atoms with E-state index in [-0.39, 0.29) is 18.6 Å². The van der Waals surface area contributed by atoms with Crippen molar-refractivity contribution in [3.63, 3.8) is 0 Å². The van der Waals surface area contributed by atoms with E-state index >= 15 is 0 Å². The van der Waals surface area contributed by atoms with Gasteiger partial charge in [-0.25, -0.2) is 0 Å². The fourth-order valence-electron chi connectivity index (χ4n) is 2.49. The van der Waals surface area contributed by atoms with Gasteiger partial charge in [0.25, 0.3) is 5.91 Å². The quantitative estimate of drug-likeness (QED) is 0.502. The first-order chi connectivity index (χ1) is 13.3. The van der Waals surface area contributed by atoms with Gasteiger partial charge in [-0.15, -0.1) is 0 Å². The Morgan fingerprint density at radius 2 is 1.79 bits per heavy atom. The number of nitrogens with one attached hydrogen (secondary N) is 2. The van der Waals surface area contributed by atoms with Gasteiger partial charge >= 0.3 is 0 Å². The molecule has 148 valence electrons. The Hall–Kier alpha value is -2.67. The third kappa shape index (κ3) is 6.49. The first-order valence-electron chi connectivity index (χ1n) is 8.87. The van der Waals surface area contributed by atoms with E-state index in [1.807, 2.05) is 38.1 Å². The van der Waals surface area contributed by atoms with Gasteiger partial charge in [-0.1, -0.05) is 39.7 Å². The van der Waals surface area contributed by atoms with Crippen LogP contribution in [0.4, 0.5) is 0 Å². The number of benzene rings is 2. The minimum absolute atomic E-state index is 0.0205. The molecule has 0 aromatic heterocycles. The molecule has 0 aliphatic rings. The summed E-state index contributed by atoms with van der Waals surface area (Å²) in [6.45, 7) is 5.35. The maximum Gasteiger partial charge on any atom is 0.279 e. The maximum atomic E-state index is 12.3. The molecule has 6 nitrogen and oxygen atoms in total. The topological polar surface area (TPSA) is 84.5 Å². The molecule has 2 rings (SSSR count). The molecule has 0 heterocycles. The Morgan fingerprint density at radius 1 is 1.04 bits per heavy atom. The second kappa shape index (κ2) is 10.0. The van der Waals surface area contributed by atoms with Crippen molar-refractivity contribution in [2.45, 2.75) is 39.7 Å². The van der Waals surface area contributed by atoms with Gasteiger partial charge < -0.3 is 4.74 Å². The molecule has 0 saturated carbocycles. The van der Waals surface area contributed by atoms with Gasteiger partial charge in [0.05, 0.1) is 0 Å². The number of ether oxygens (including phenoxy) is 1. The van der Waals surface area contributed by atoms with Crippen LogP contribution in [0.1, 0.15) is 41.3 Å². The van der Waals surface area contributed by atoms with Gasteiger partial charge in [0.2, 0.25) is 5.91 Å². The number of carbonyl (C=O) groups excluding carboxylic acids is 3. The van der Waals surface area contributed by atoms with Gasteiger partial charge in [0, 0.05) is 22.9 Å². The fourth-order valence-corrected chi connectivity index (χ4v) is 2.87. The van der Waals surface area contributed by atoms with Crippen molar-refractivity contribution in [2.24, 2.45) is 0 Å². The average Bonchev–Trinajstić information content (AvgIpc) is 2.66. The van der Waals surface area contributed by atoms with Crippen molar-refractivity contribution >= 4 is 33.5 Å². The second-order valence-corrected chi connectivity index (χ2v) is 7.41. The number of amides is 2. The largest absolute Gasteiger partial charge is 0.481 e. The van der Waals surface area contributed by atoms with E-state index in [1.54, 1.807) is 25.1 Å². The summed E-state index contributed by atoms with van der Waals surface area (Å²) in [5.74, 6) is -0.507. The predicted molar refractivity (Wildman–Crippen MR) is 110 cm³/mol. The summed E-state index contributed by atoms with van der Waals surface area (Å²) < 4.78 is 6.35. The number of halogens is 1. The molecular weight excluding hydrogens is 424 g/mol. The van der Waals surface area contributed by atoms with Crippen molar-refractivity contribution in [1.82, 2.24) is 10.9 Å². The zero-order valence-corrected chi connectivity index (χ0v) is 17.6. The zero-order chi connectivity index (χ0) is 20.7. The molecule has 0 radical (unpaired) electrons. The Bertz CT molecular complexity index is 882. The summed E-state index contributed by atoms with van der Waals surface area (Å²) in [7, 11) is 0. The van der Waals surface area contributed by atoms with Crippen LogP contribution in [0.2, 0.25) is 0 Å². The molecule has 0 saturated heterocycles. The molecule has 28 heavy (non-hydrogen) atoms. The first kappa shape index (κ1) is 21.6. The number of ketones is 1. The lowest BCUT2D eigenvalue weighted by molar-refractivity contribution is -0.132. The number of aryl methyl sites for hydroxylation is 2. The summed E-state index contributed by atoms with van der Waals surface area (Å²) in [6, 6.07) is 12.7. The van der Waals surface area contributed by atoms with E-state index in [0.717, 1.165) is 15.6 Å². The van der Waals surface area contributed by atoms with Gasteiger partial charge in [-0.05, 0) is 50.6 Å². The number of hydrazine groups is 1. The zero-order valence-electron chi connectivity index (χ0n) is 16.0. The monoisotopic (exact) mass is 446 g/mol.